The molecule has 0 N–H and O–H groups in total. The molecule has 41 heavy (non-hydrogen) atoms. The first-order valence-corrected chi connectivity index (χ1v) is 13.3. The number of halogens is 5. The number of fused-ring (bicyclic) bond motifs is 1. The number of benzene rings is 1. The number of Topliss-reactive ketones (excluding diaryl/α,β-unsaturated/α-hetero) is 1. The summed E-state index contributed by atoms with van der Waals surface area (Å²) < 4.78 is 74.8. The number of urea groups is 1. The Hall–Kier alpha value is -4.22. The van der Waals surface area contributed by atoms with Gasteiger partial charge in [0.2, 0.25) is 0 Å². The number of hydrogen-bond acceptors (Lipinski definition) is 3. The summed E-state index contributed by atoms with van der Waals surface area (Å²) in [6.45, 7) is -2.13. The van der Waals surface area contributed by atoms with Gasteiger partial charge in [0, 0.05) is 55.0 Å². The third kappa shape index (κ3) is 4.27. The lowest BCUT2D eigenvalue weighted by atomic mass is 9.98. The van der Waals surface area contributed by atoms with E-state index in [1.54, 1.807) is 12.4 Å². The van der Waals surface area contributed by atoms with Gasteiger partial charge in [-0.15, -0.1) is 0 Å². The molecule has 1 aliphatic carbocycles. The molecule has 3 aromatic heterocycles. The lowest BCUT2D eigenvalue weighted by Gasteiger charge is -2.39. The second-order valence-electron chi connectivity index (χ2n) is 11.0. The zero-order valence-electron chi connectivity index (χ0n) is 21.7. The Bertz CT molecular complexity index is 1770. The average Bonchev–Trinajstić information content (AvgIpc) is 3.55. The van der Waals surface area contributed by atoms with E-state index in [9.17, 15) is 27.2 Å². The zero-order valence-corrected chi connectivity index (χ0v) is 21.7. The minimum absolute atomic E-state index is 0.0269. The molecule has 1 saturated heterocycles. The second kappa shape index (κ2) is 8.89. The third-order valence-electron chi connectivity index (χ3n) is 8.07. The SMILES string of the molecule is O=C1CCC(c2cnc3ccccn23)=C1c1cn2c3c(cc(F)cc13)CN(C(=O)N1CC(F)(F)CC(F)(F)C1)CC2. The minimum atomic E-state index is -3.71. The van der Waals surface area contributed by atoms with Crippen LogP contribution in [0.25, 0.3) is 27.7 Å². The highest BCUT2D eigenvalue weighted by atomic mass is 19.3. The Morgan fingerprint density at radius 1 is 0.976 bits per heavy atom. The molecule has 4 aromatic rings. The standard InChI is InChI=1S/C29H24F5N5O2/c30-18-9-17-12-37(27(41)38-15-28(31,32)14-29(33,34)16-38)8-7-36-13-21(20(10-18)26(17)36)25-19(4-5-23(25)40)22-11-35-24-3-1-2-6-39(22)24/h1-3,6,9-11,13H,4-5,7-8,12,14-16H2. The lowest BCUT2D eigenvalue weighted by molar-refractivity contribution is -0.162. The van der Waals surface area contributed by atoms with Crippen molar-refractivity contribution in [1.29, 1.82) is 0 Å². The maximum absolute atomic E-state index is 15.0. The maximum Gasteiger partial charge on any atom is 0.320 e. The Kier molecular flexibility index (Phi) is 5.58. The number of likely N-dealkylation sites (tertiary alicyclic amines) is 1. The Morgan fingerprint density at radius 2 is 1.76 bits per heavy atom. The number of imidazole rings is 1. The number of piperidine rings is 1. The van der Waals surface area contributed by atoms with Gasteiger partial charge in [0.1, 0.15) is 11.5 Å². The van der Waals surface area contributed by atoms with Crippen LogP contribution >= 0.6 is 0 Å². The number of alkyl halides is 4. The second-order valence-corrected chi connectivity index (χ2v) is 11.0. The predicted molar refractivity (Wildman–Crippen MR) is 140 cm³/mol. The fourth-order valence-corrected chi connectivity index (χ4v) is 6.48. The molecule has 7 rings (SSSR count). The first kappa shape index (κ1) is 25.7. The Labute approximate surface area is 230 Å². The van der Waals surface area contributed by atoms with Gasteiger partial charge >= 0.3 is 6.03 Å². The normalized spacial score (nSPS) is 20.4. The first-order chi connectivity index (χ1) is 19.5. The number of hydrogen-bond donors (Lipinski definition) is 0. The fraction of sp³-hybridized carbons (Fsp3) is 0.345. The van der Waals surface area contributed by atoms with E-state index in [2.05, 4.69) is 4.98 Å². The van der Waals surface area contributed by atoms with Crippen LogP contribution in [0, 0.1) is 5.82 Å². The van der Waals surface area contributed by atoms with E-state index in [-0.39, 0.29) is 25.4 Å². The monoisotopic (exact) mass is 569 g/mol. The van der Waals surface area contributed by atoms with Crippen LogP contribution in [0.2, 0.25) is 0 Å². The summed E-state index contributed by atoms with van der Waals surface area (Å²) in [6.07, 6.45) is 4.53. The van der Waals surface area contributed by atoms with Gasteiger partial charge in [-0.3, -0.25) is 9.20 Å². The molecular formula is C29H24F5N5O2. The quantitative estimate of drug-likeness (QED) is 0.295. The van der Waals surface area contributed by atoms with E-state index >= 15 is 4.39 Å². The lowest BCUT2D eigenvalue weighted by Crippen LogP contribution is -2.57. The average molecular weight is 570 g/mol. The molecule has 0 radical (unpaired) electrons. The summed E-state index contributed by atoms with van der Waals surface area (Å²) in [4.78, 5) is 32.6. The van der Waals surface area contributed by atoms with E-state index in [4.69, 9.17) is 0 Å². The first-order valence-electron chi connectivity index (χ1n) is 13.3. The summed E-state index contributed by atoms with van der Waals surface area (Å²) in [5, 5.41) is 0.488. The number of aromatic nitrogens is 3. The molecule has 0 atom stereocenters. The molecule has 5 heterocycles. The summed E-state index contributed by atoms with van der Waals surface area (Å²) in [6, 6.07) is 7.25. The number of rotatable bonds is 2. The van der Waals surface area contributed by atoms with Gasteiger partial charge in [0.15, 0.2) is 5.78 Å². The zero-order chi connectivity index (χ0) is 28.7. The van der Waals surface area contributed by atoms with Gasteiger partial charge in [0.05, 0.1) is 36.9 Å². The third-order valence-corrected chi connectivity index (χ3v) is 8.07. The minimum Gasteiger partial charge on any atom is -0.345 e. The van der Waals surface area contributed by atoms with Crippen molar-refractivity contribution in [2.24, 2.45) is 0 Å². The van der Waals surface area contributed by atoms with Crippen LogP contribution in [0.5, 0.6) is 0 Å². The number of pyridine rings is 1. The molecule has 0 saturated carbocycles. The highest BCUT2D eigenvalue weighted by Crippen LogP contribution is 2.42. The number of carbonyl (C=O) groups is 2. The molecule has 7 nitrogen and oxygen atoms in total. The molecule has 212 valence electrons. The molecule has 0 bridgehead atoms. The maximum atomic E-state index is 15.0. The van der Waals surface area contributed by atoms with Crippen LogP contribution in [0.3, 0.4) is 0 Å². The molecule has 1 fully saturated rings. The molecule has 12 heteroatoms. The fourth-order valence-electron chi connectivity index (χ4n) is 6.48. The predicted octanol–water partition coefficient (Wildman–Crippen LogP) is 5.61. The van der Waals surface area contributed by atoms with E-state index < -0.39 is 43.2 Å². The molecule has 3 aliphatic rings. The summed E-state index contributed by atoms with van der Waals surface area (Å²) in [7, 11) is 0. The van der Waals surface area contributed by atoms with Gasteiger partial charge in [-0.25, -0.2) is 31.7 Å². The van der Waals surface area contributed by atoms with Gasteiger partial charge in [-0.05, 0) is 41.8 Å². The van der Waals surface area contributed by atoms with Crippen molar-refractivity contribution in [1.82, 2.24) is 23.8 Å². The van der Waals surface area contributed by atoms with E-state index in [0.717, 1.165) is 16.9 Å². The van der Waals surface area contributed by atoms with Crippen molar-refractivity contribution in [3.05, 3.63) is 71.6 Å². The Morgan fingerprint density at radius 3 is 2.54 bits per heavy atom. The van der Waals surface area contributed by atoms with Gasteiger partial charge in [-0.2, -0.15) is 0 Å². The molecule has 2 aliphatic heterocycles. The number of ketones is 1. The number of allylic oxidation sites excluding steroid dienone is 2. The molecule has 0 spiro atoms. The number of carbonyl (C=O) groups excluding carboxylic acids is 2. The summed E-state index contributed by atoms with van der Waals surface area (Å²) in [5.74, 6) is -8.10. The van der Waals surface area contributed by atoms with Crippen molar-refractivity contribution >= 4 is 39.5 Å². The van der Waals surface area contributed by atoms with Crippen LogP contribution in [0.15, 0.2) is 48.9 Å². The number of nitrogens with zero attached hydrogens (tertiary/aromatic N) is 5. The van der Waals surface area contributed by atoms with Gasteiger partial charge in [-0.1, -0.05) is 6.07 Å². The molecule has 1 aromatic carbocycles. The molecular weight excluding hydrogens is 545 g/mol. The largest absolute Gasteiger partial charge is 0.345 e. The van der Waals surface area contributed by atoms with Crippen molar-refractivity contribution in [3.8, 4) is 0 Å². The van der Waals surface area contributed by atoms with Crippen LogP contribution in [-0.4, -0.2) is 67.0 Å². The topological polar surface area (TPSA) is 62.9 Å². The smallest absolute Gasteiger partial charge is 0.320 e. The van der Waals surface area contributed by atoms with E-state index in [0.29, 0.717) is 45.3 Å². The summed E-state index contributed by atoms with van der Waals surface area (Å²) >= 11 is 0. The highest BCUT2D eigenvalue weighted by Gasteiger charge is 2.52. The van der Waals surface area contributed by atoms with Crippen molar-refractivity contribution in [2.45, 2.75) is 44.2 Å². The van der Waals surface area contributed by atoms with Crippen LogP contribution in [0.1, 0.15) is 36.1 Å². The van der Waals surface area contributed by atoms with Crippen LogP contribution in [-0.2, 0) is 17.9 Å². The van der Waals surface area contributed by atoms with E-state index in [1.807, 2.05) is 33.4 Å². The van der Waals surface area contributed by atoms with Gasteiger partial charge < -0.3 is 14.4 Å². The van der Waals surface area contributed by atoms with E-state index in [1.165, 1.54) is 17.0 Å². The van der Waals surface area contributed by atoms with Gasteiger partial charge in [0.25, 0.3) is 11.8 Å². The molecule has 2 amide bonds. The van der Waals surface area contributed by atoms with Crippen molar-refractivity contribution in [2.75, 3.05) is 19.6 Å². The summed E-state index contributed by atoms with van der Waals surface area (Å²) in [5.41, 5.74) is 4.37. The van der Waals surface area contributed by atoms with Crippen molar-refractivity contribution < 1.29 is 31.5 Å². The Balaban J connectivity index is 1.30. The molecule has 0 unspecified atom stereocenters. The van der Waals surface area contributed by atoms with Crippen LogP contribution in [0.4, 0.5) is 26.7 Å². The van der Waals surface area contributed by atoms with Crippen molar-refractivity contribution in [3.63, 3.8) is 0 Å². The number of amides is 2. The van der Waals surface area contributed by atoms with Crippen LogP contribution < -0.4 is 0 Å². The highest BCUT2D eigenvalue weighted by molar-refractivity contribution is 6.33.